The van der Waals surface area contributed by atoms with Crippen molar-refractivity contribution < 1.29 is 19.1 Å². The zero-order valence-corrected chi connectivity index (χ0v) is 12.3. The molecule has 1 aromatic carbocycles. The zero-order chi connectivity index (χ0) is 15.8. The SMILES string of the molecule is CC(=O)OCCc1ncccc1C(=O)OCc1ccccc1. The van der Waals surface area contributed by atoms with Gasteiger partial charge in [-0.25, -0.2) is 4.79 Å². The first-order valence-corrected chi connectivity index (χ1v) is 6.95. The van der Waals surface area contributed by atoms with E-state index in [4.69, 9.17) is 9.47 Å². The first-order chi connectivity index (χ1) is 10.7. The number of carbonyl (C=O) groups is 2. The van der Waals surface area contributed by atoms with Gasteiger partial charge in [-0.15, -0.1) is 0 Å². The van der Waals surface area contributed by atoms with E-state index in [-0.39, 0.29) is 19.2 Å². The van der Waals surface area contributed by atoms with E-state index in [0.717, 1.165) is 5.56 Å². The molecule has 0 aliphatic heterocycles. The highest BCUT2D eigenvalue weighted by Crippen LogP contribution is 2.10. The maximum atomic E-state index is 12.2. The Morgan fingerprint density at radius 1 is 1.05 bits per heavy atom. The minimum Gasteiger partial charge on any atom is -0.465 e. The van der Waals surface area contributed by atoms with Crippen LogP contribution in [0.4, 0.5) is 0 Å². The number of esters is 2. The minimum atomic E-state index is -0.435. The number of nitrogens with zero attached hydrogens (tertiary/aromatic N) is 1. The summed E-state index contributed by atoms with van der Waals surface area (Å²) >= 11 is 0. The van der Waals surface area contributed by atoms with E-state index in [1.807, 2.05) is 30.3 Å². The summed E-state index contributed by atoms with van der Waals surface area (Å²) in [5, 5.41) is 0. The molecular weight excluding hydrogens is 282 g/mol. The van der Waals surface area contributed by atoms with Crippen LogP contribution in [-0.4, -0.2) is 23.5 Å². The second-order valence-corrected chi connectivity index (χ2v) is 4.65. The van der Waals surface area contributed by atoms with Crippen LogP contribution in [0.25, 0.3) is 0 Å². The van der Waals surface area contributed by atoms with Crippen LogP contribution < -0.4 is 0 Å². The van der Waals surface area contributed by atoms with Gasteiger partial charge in [-0.2, -0.15) is 0 Å². The van der Waals surface area contributed by atoms with Gasteiger partial charge in [0.1, 0.15) is 6.61 Å². The Morgan fingerprint density at radius 3 is 2.55 bits per heavy atom. The third kappa shape index (κ3) is 4.70. The maximum Gasteiger partial charge on any atom is 0.340 e. The number of carbonyl (C=O) groups excluding carboxylic acids is 2. The van der Waals surface area contributed by atoms with E-state index in [9.17, 15) is 9.59 Å². The Hall–Kier alpha value is -2.69. The van der Waals surface area contributed by atoms with E-state index < -0.39 is 5.97 Å². The molecule has 0 bridgehead atoms. The summed E-state index contributed by atoms with van der Waals surface area (Å²) in [6.45, 7) is 1.73. The van der Waals surface area contributed by atoms with Crippen molar-refractivity contribution in [2.24, 2.45) is 0 Å². The number of benzene rings is 1. The molecule has 5 nitrogen and oxygen atoms in total. The van der Waals surface area contributed by atoms with Gasteiger partial charge in [-0.3, -0.25) is 9.78 Å². The largest absolute Gasteiger partial charge is 0.465 e. The summed E-state index contributed by atoms with van der Waals surface area (Å²) in [6, 6.07) is 12.8. The van der Waals surface area contributed by atoms with E-state index in [1.165, 1.54) is 6.92 Å². The van der Waals surface area contributed by atoms with Crippen molar-refractivity contribution in [3.63, 3.8) is 0 Å². The van der Waals surface area contributed by atoms with Crippen LogP contribution in [0.5, 0.6) is 0 Å². The highest BCUT2D eigenvalue weighted by molar-refractivity contribution is 5.90. The van der Waals surface area contributed by atoms with E-state index in [2.05, 4.69) is 4.98 Å². The van der Waals surface area contributed by atoms with Crippen molar-refractivity contribution in [2.75, 3.05) is 6.61 Å². The number of ether oxygens (including phenoxy) is 2. The molecule has 114 valence electrons. The lowest BCUT2D eigenvalue weighted by Crippen LogP contribution is -2.12. The van der Waals surface area contributed by atoms with Crippen LogP contribution in [0.3, 0.4) is 0 Å². The van der Waals surface area contributed by atoms with E-state index >= 15 is 0 Å². The summed E-state index contributed by atoms with van der Waals surface area (Å²) in [6.07, 6.45) is 1.97. The van der Waals surface area contributed by atoms with Gasteiger partial charge in [0.25, 0.3) is 0 Å². The lowest BCUT2D eigenvalue weighted by Gasteiger charge is -2.09. The van der Waals surface area contributed by atoms with Crippen molar-refractivity contribution in [1.29, 1.82) is 0 Å². The molecule has 0 aliphatic rings. The van der Waals surface area contributed by atoms with E-state index in [0.29, 0.717) is 17.7 Å². The van der Waals surface area contributed by atoms with Crippen LogP contribution in [-0.2, 0) is 27.3 Å². The van der Waals surface area contributed by atoms with Gasteiger partial charge in [0.05, 0.1) is 17.9 Å². The number of hydrogen-bond donors (Lipinski definition) is 0. The number of rotatable bonds is 6. The predicted molar refractivity (Wildman–Crippen MR) is 80.1 cm³/mol. The molecule has 0 unspecified atom stereocenters. The van der Waals surface area contributed by atoms with Gasteiger partial charge >= 0.3 is 11.9 Å². The fourth-order valence-corrected chi connectivity index (χ4v) is 1.92. The molecular formula is C17H17NO4. The smallest absolute Gasteiger partial charge is 0.340 e. The van der Waals surface area contributed by atoms with E-state index in [1.54, 1.807) is 18.3 Å². The average molecular weight is 299 g/mol. The summed E-state index contributed by atoms with van der Waals surface area (Å²) in [5.74, 6) is -0.793. The molecule has 2 aromatic rings. The third-order valence-corrected chi connectivity index (χ3v) is 2.97. The highest BCUT2D eigenvalue weighted by Gasteiger charge is 2.14. The van der Waals surface area contributed by atoms with Gasteiger partial charge in [0.15, 0.2) is 0 Å². The van der Waals surface area contributed by atoms with Crippen molar-refractivity contribution in [2.45, 2.75) is 20.0 Å². The summed E-state index contributed by atoms with van der Waals surface area (Å²) in [7, 11) is 0. The van der Waals surface area contributed by atoms with Crippen LogP contribution in [0.1, 0.15) is 28.5 Å². The van der Waals surface area contributed by atoms with Crippen LogP contribution >= 0.6 is 0 Å². The summed E-state index contributed by atoms with van der Waals surface area (Å²) in [5.41, 5.74) is 1.87. The monoisotopic (exact) mass is 299 g/mol. The predicted octanol–water partition coefficient (Wildman–Crippen LogP) is 2.54. The Balaban J connectivity index is 1.98. The molecule has 0 aliphatic carbocycles. The Kier molecular flexibility index (Phi) is 5.65. The molecule has 1 heterocycles. The maximum absolute atomic E-state index is 12.2. The number of pyridine rings is 1. The first-order valence-electron chi connectivity index (χ1n) is 6.95. The molecule has 1 aromatic heterocycles. The lowest BCUT2D eigenvalue weighted by molar-refractivity contribution is -0.140. The zero-order valence-electron chi connectivity index (χ0n) is 12.3. The van der Waals surface area contributed by atoms with Crippen molar-refractivity contribution in [3.8, 4) is 0 Å². The lowest BCUT2D eigenvalue weighted by atomic mass is 10.1. The van der Waals surface area contributed by atoms with Gasteiger partial charge in [0.2, 0.25) is 0 Å². The number of aromatic nitrogens is 1. The molecule has 2 rings (SSSR count). The second kappa shape index (κ2) is 7.93. The molecule has 0 saturated carbocycles. The molecule has 5 heteroatoms. The topological polar surface area (TPSA) is 65.5 Å². The highest BCUT2D eigenvalue weighted by atomic mass is 16.5. The molecule has 0 radical (unpaired) electrons. The summed E-state index contributed by atoms with van der Waals surface area (Å²) < 4.78 is 10.2. The fraction of sp³-hybridized carbons (Fsp3) is 0.235. The van der Waals surface area contributed by atoms with Crippen molar-refractivity contribution in [3.05, 3.63) is 65.5 Å². The number of hydrogen-bond acceptors (Lipinski definition) is 5. The molecule has 0 saturated heterocycles. The summed E-state index contributed by atoms with van der Waals surface area (Å²) in [4.78, 5) is 27.1. The molecule has 0 spiro atoms. The minimum absolute atomic E-state index is 0.186. The van der Waals surface area contributed by atoms with Crippen molar-refractivity contribution in [1.82, 2.24) is 4.98 Å². The third-order valence-electron chi connectivity index (χ3n) is 2.97. The normalized spacial score (nSPS) is 10.0. The standard InChI is InChI=1S/C17H17NO4/c1-13(19)21-11-9-16-15(8-5-10-18-16)17(20)22-12-14-6-3-2-4-7-14/h2-8,10H,9,11-12H2,1H3. The molecule has 0 fully saturated rings. The Bertz CT molecular complexity index is 640. The first kappa shape index (κ1) is 15.7. The van der Waals surface area contributed by atoms with Crippen LogP contribution in [0.15, 0.2) is 48.7 Å². The molecule has 0 amide bonds. The molecule has 22 heavy (non-hydrogen) atoms. The van der Waals surface area contributed by atoms with Gasteiger partial charge in [-0.1, -0.05) is 30.3 Å². The Morgan fingerprint density at radius 2 is 1.82 bits per heavy atom. The molecule has 0 atom stereocenters. The average Bonchev–Trinajstić information content (AvgIpc) is 2.54. The van der Waals surface area contributed by atoms with Crippen LogP contribution in [0.2, 0.25) is 0 Å². The quantitative estimate of drug-likeness (QED) is 0.767. The molecule has 0 N–H and O–H groups in total. The van der Waals surface area contributed by atoms with Gasteiger partial charge < -0.3 is 9.47 Å². The van der Waals surface area contributed by atoms with Gasteiger partial charge in [-0.05, 0) is 17.7 Å². The second-order valence-electron chi connectivity index (χ2n) is 4.65. The van der Waals surface area contributed by atoms with Crippen molar-refractivity contribution >= 4 is 11.9 Å². The van der Waals surface area contributed by atoms with Crippen LogP contribution in [0, 0.1) is 0 Å². The fourth-order valence-electron chi connectivity index (χ4n) is 1.92. The van der Waals surface area contributed by atoms with Gasteiger partial charge in [0, 0.05) is 19.5 Å². The Labute approximate surface area is 128 Å².